The first-order valence-corrected chi connectivity index (χ1v) is 26.6. The topological polar surface area (TPSA) is 9.86 Å². The van der Waals surface area contributed by atoms with Gasteiger partial charge in [-0.3, -0.25) is 0 Å². The summed E-state index contributed by atoms with van der Waals surface area (Å²) in [5.74, 6) is 0. The molecule has 0 unspecified atom stereocenters. The Morgan fingerprint density at radius 1 is 0.458 bits per heavy atom. The number of aromatic nitrogens is 2. The highest BCUT2D eigenvalue weighted by Crippen LogP contribution is 2.63. The zero-order valence-corrected chi connectivity index (χ0v) is 43.3. The average molecular weight is 927 g/mol. The molecule has 0 radical (unpaired) electrons. The van der Waals surface area contributed by atoms with E-state index in [0.717, 1.165) is 12.8 Å². The first kappa shape index (κ1) is 42.3. The molecule has 3 aliphatic heterocycles. The lowest BCUT2D eigenvalue weighted by Crippen LogP contribution is -2.61. The normalized spacial score (nSPS) is 14.4. The van der Waals surface area contributed by atoms with Crippen LogP contribution in [0.25, 0.3) is 88.4 Å². The number of hydrogen-bond acceptors (Lipinski definition) is 0. The maximum Gasteiger partial charge on any atom is 0.253 e. The molecule has 0 atom stereocenters. The summed E-state index contributed by atoms with van der Waals surface area (Å²) in [7, 11) is 0. The van der Waals surface area contributed by atoms with E-state index in [4.69, 9.17) is 0 Å². The molecule has 4 aliphatic rings. The third kappa shape index (κ3) is 5.07. The Bertz CT molecular complexity index is 4210. The average Bonchev–Trinajstić information content (AvgIpc) is 4.02. The minimum Gasteiger partial charge on any atom is -0.310 e. The number of benzene rings is 9. The monoisotopic (exact) mass is 926 g/mol. The van der Waals surface area contributed by atoms with Crippen LogP contribution in [0.15, 0.2) is 152 Å². The van der Waals surface area contributed by atoms with Crippen LogP contribution in [-0.2, 0) is 16.2 Å². The smallest absolute Gasteiger partial charge is 0.253 e. The molecule has 0 amide bonds. The highest BCUT2D eigenvalue weighted by atomic mass is 15.1. The van der Waals surface area contributed by atoms with E-state index in [0.29, 0.717) is 0 Å². The standard InChI is InChI=1S/C69H59BN2/c1-11-67(7,8)45-34-50-51-35-46(68(9,10)12-2)37-57-64(51)72-63(50)56(36-45)69(54-31-40(5)21-27-48(54)49-28-22-41(6)32-55(49)69)53-29-30-58-61(66(53)72)70(57)60-47-16-14-13-15-44(47)33-52-59(42-23-17-38(3)18-24-42)62(71(58)65(52)60)43-25-19-39(4)20-26-43/h13-37H,11-12H2,1-10H3. The fraction of sp³-hybridized carbons (Fsp3) is 0.217. The highest BCUT2D eigenvalue weighted by molar-refractivity contribution is 7.01. The number of fused-ring (bicyclic) bond motifs is 13. The first-order chi connectivity index (χ1) is 34.7. The van der Waals surface area contributed by atoms with Crippen LogP contribution in [0.1, 0.15) is 110 Å². The summed E-state index contributed by atoms with van der Waals surface area (Å²) >= 11 is 0. The van der Waals surface area contributed by atoms with Crippen molar-refractivity contribution < 1.29 is 0 Å². The molecular weight excluding hydrogens is 868 g/mol. The molecule has 1 spiro atoms. The van der Waals surface area contributed by atoms with Gasteiger partial charge in [-0.25, -0.2) is 0 Å². The van der Waals surface area contributed by atoms with Gasteiger partial charge in [0.25, 0.3) is 6.71 Å². The molecule has 348 valence electrons. The lowest BCUT2D eigenvalue weighted by atomic mass is 9.33. The van der Waals surface area contributed by atoms with Gasteiger partial charge in [-0.15, -0.1) is 0 Å². The van der Waals surface area contributed by atoms with Crippen LogP contribution in [-0.4, -0.2) is 15.8 Å². The van der Waals surface area contributed by atoms with Gasteiger partial charge < -0.3 is 9.13 Å². The molecule has 2 aromatic heterocycles. The van der Waals surface area contributed by atoms with Crippen LogP contribution in [0.3, 0.4) is 0 Å². The minimum atomic E-state index is -0.568. The van der Waals surface area contributed by atoms with Gasteiger partial charge in [0.15, 0.2) is 0 Å². The van der Waals surface area contributed by atoms with Crippen LogP contribution in [0, 0.1) is 27.7 Å². The molecule has 5 heterocycles. The fourth-order valence-corrected chi connectivity index (χ4v) is 14.3. The molecule has 0 saturated heterocycles. The molecule has 0 bridgehead atoms. The maximum absolute atomic E-state index is 2.81. The second kappa shape index (κ2) is 14.0. The summed E-state index contributed by atoms with van der Waals surface area (Å²) in [6.45, 7) is 23.6. The lowest BCUT2D eigenvalue weighted by Gasteiger charge is -2.44. The minimum absolute atomic E-state index is 0.0323. The number of nitrogens with zero attached hydrogens (tertiary/aromatic N) is 2. The summed E-state index contributed by atoms with van der Waals surface area (Å²) in [5, 5.41) is 6.71. The predicted octanol–water partition coefficient (Wildman–Crippen LogP) is 15.6. The molecule has 11 aromatic rings. The molecule has 3 heteroatoms. The third-order valence-corrected chi connectivity index (χ3v) is 18.8. The van der Waals surface area contributed by atoms with E-state index in [9.17, 15) is 0 Å². The van der Waals surface area contributed by atoms with Crippen LogP contribution in [0.2, 0.25) is 0 Å². The van der Waals surface area contributed by atoms with Crippen molar-refractivity contribution in [3.05, 3.63) is 207 Å². The van der Waals surface area contributed by atoms with Crippen LogP contribution in [0.4, 0.5) is 0 Å². The Kier molecular flexibility index (Phi) is 8.22. The second-order valence-electron chi connectivity index (χ2n) is 23.6. The maximum atomic E-state index is 2.81. The molecule has 72 heavy (non-hydrogen) atoms. The van der Waals surface area contributed by atoms with Gasteiger partial charge >= 0.3 is 0 Å². The molecule has 0 saturated carbocycles. The summed E-state index contributed by atoms with van der Waals surface area (Å²) in [5.41, 5.74) is 31.7. The zero-order chi connectivity index (χ0) is 49.1. The molecule has 0 N–H and O–H groups in total. The van der Waals surface area contributed by atoms with Gasteiger partial charge in [-0.05, 0) is 158 Å². The Morgan fingerprint density at radius 2 is 1.04 bits per heavy atom. The van der Waals surface area contributed by atoms with Crippen molar-refractivity contribution in [3.63, 3.8) is 0 Å². The molecular formula is C69H59BN2. The Hall–Kier alpha value is -7.36. The van der Waals surface area contributed by atoms with Crippen molar-refractivity contribution in [1.29, 1.82) is 0 Å². The van der Waals surface area contributed by atoms with E-state index in [-0.39, 0.29) is 17.5 Å². The van der Waals surface area contributed by atoms with E-state index < -0.39 is 5.41 Å². The van der Waals surface area contributed by atoms with Gasteiger partial charge in [0, 0.05) is 38.6 Å². The molecule has 1 aliphatic carbocycles. The van der Waals surface area contributed by atoms with Gasteiger partial charge in [0.2, 0.25) is 0 Å². The summed E-state index contributed by atoms with van der Waals surface area (Å²) in [4.78, 5) is 0. The van der Waals surface area contributed by atoms with Gasteiger partial charge in [0.1, 0.15) is 0 Å². The Labute approximate surface area is 424 Å². The van der Waals surface area contributed by atoms with E-state index >= 15 is 0 Å². The van der Waals surface area contributed by atoms with Gasteiger partial charge in [-0.2, -0.15) is 0 Å². The van der Waals surface area contributed by atoms with Crippen molar-refractivity contribution in [2.75, 3.05) is 0 Å². The van der Waals surface area contributed by atoms with Crippen LogP contribution >= 0.6 is 0 Å². The van der Waals surface area contributed by atoms with Crippen LogP contribution < -0.4 is 16.4 Å². The van der Waals surface area contributed by atoms with E-state index in [1.807, 2.05) is 0 Å². The molecule has 0 fully saturated rings. The zero-order valence-electron chi connectivity index (χ0n) is 43.3. The van der Waals surface area contributed by atoms with Crippen molar-refractivity contribution in [2.45, 2.75) is 98.3 Å². The van der Waals surface area contributed by atoms with Crippen LogP contribution in [0.5, 0.6) is 0 Å². The van der Waals surface area contributed by atoms with Crippen molar-refractivity contribution in [1.82, 2.24) is 9.13 Å². The van der Waals surface area contributed by atoms with E-state index in [1.165, 1.54) is 160 Å². The Morgan fingerprint density at radius 3 is 1.68 bits per heavy atom. The first-order valence-electron chi connectivity index (χ1n) is 26.6. The molecule has 2 nitrogen and oxygen atoms in total. The van der Waals surface area contributed by atoms with Crippen molar-refractivity contribution in [2.24, 2.45) is 0 Å². The second-order valence-corrected chi connectivity index (χ2v) is 23.6. The van der Waals surface area contributed by atoms with Gasteiger partial charge in [-0.1, -0.05) is 191 Å². The number of aryl methyl sites for hydroxylation is 4. The number of hydrogen-bond donors (Lipinski definition) is 0. The highest BCUT2D eigenvalue weighted by Gasteiger charge is 2.55. The summed E-state index contributed by atoms with van der Waals surface area (Å²) in [6.07, 6.45) is 2.09. The lowest BCUT2D eigenvalue weighted by molar-refractivity contribution is 0.505. The van der Waals surface area contributed by atoms with Crippen molar-refractivity contribution >= 4 is 66.6 Å². The van der Waals surface area contributed by atoms with Gasteiger partial charge in [0.05, 0.1) is 22.1 Å². The van der Waals surface area contributed by atoms with E-state index in [2.05, 4.69) is 230 Å². The van der Waals surface area contributed by atoms with Crippen molar-refractivity contribution in [3.8, 4) is 44.9 Å². The van der Waals surface area contributed by atoms with E-state index in [1.54, 1.807) is 0 Å². The fourth-order valence-electron chi connectivity index (χ4n) is 14.3. The summed E-state index contributed by atoms with van der Waals surface area (Å²) in [6, 6.07) is 60.8. The Balaban J connectivity index is 1.23. The molecule has 9 aromatic carbocycles. The summed E-state index contributed by atoms with van der Waals surface area (Å²) < 4.78 is 5.54. The SMILES string of the molecule is CCC(C)(C)c1cc2c3c(c1)c1cc(C(C)(C)CC)cc4c1n3-c1c(ccc3c1B2c1c2ccccc2cc2c(-c5ccc(C)cc5)c(-c5ccc(C)cc5)n-3c12)C41c2cc(C)ccc2-c2ccc(C)cc21. The largest absolute Gasteiger partial charge is 0.310 e. The number of rotatable bonds is 6. The predicted molar refractivity (Wildman–Crippen MR) is 307 cm³/mol. The molecule has 15 rings (SSSR count). The third-order valence-electron chi connectivity index (χ3n) is 18.8. The quantitative estimate of drug-likeness (QED) is 0.147.